The molecule has 27 heavy (non-hydrogen) atoms. The largest absolute Gasteiger partial charge is 0.451 e. The highest BCUT2D eigenvalue weighted by molar-refractivity contribution is 5.84. The zero-order valence-corrected chi connectivity index (χ0v) is 15.7. The molecule has 0 aliphatic carbocycles. The van der Waals surface area contributed by atoms with Crippen LogP contribution in [0.1, 0.15) is 27.7 Å². The molecule has 0 spiro atoms. The highest BCUT2D eigenvalue weighted by Gasteiger charge is 2.32. The Kier molecular flexibility index (Phi) is 5.95. The Bertz CT molecular complexity index is 960. The lowest BCUT2D eigenvalue weighted by Crippen LogP contribution is -2.52. The van der Waals surface area contributed by atoms with Crippen molar-refractivity contribution in [3.63, 3.8) is 0 Å². The fourth-order valence-electron chi connectivity index (χ4n) is 2.30. The van der Waals surface area contributed by atoms with Crippen LogP contribution in [-0.2, 0) is 20.9 Å². The Morgan fingerprint density at radius 2 is 2.00 bits per heavy atom. The molecule has 1 amide bonds. The van der Waals surface area contributed by atoms with Crippen LogP contribution in [-0.4, -0.2) is 33.1 Å². The molecule has 1 heterocycles. The molecule has 1 N–H and O–H groups in total. The summed E-state index contributed by atoms with van der Waals surface area (Å²) in [5.74, 6) is -1.46. The number of nitrogens with one attached hydrogen (secondary N) is 1. The Hall–Kier alpha value is -3.21. The van der Waals surface area contributed by atoms with Gasteiger partial charge >= 0.3 is 5.97 Å². The highest BCUT2D eigenvalue weighted by atomic mass is 16.5. The quantitative estimate of drug-likeness (QED) is 0.769. The van der Waals surface area contributed by atoms with E-state index < -0.39 is 23.5 Å². The van der Waals surface area contributed by atoms with Crippen LogP contribution in [0.4, 0.5) is 0 Å². The number of carbonyl (C=O) groups is 2. The first-order valence-electron chi connectivity index (χ1n) is 8.55. The fraction of sp³-hybridized carbons (Fsp3) is 0.421. The van der Waals surface area contributed by atoms with Crippen molar-refractivity contribution in [3.8, 4) is 6.07 Å². The Morgan fingerprint density at radius 3 is 2.63 bits per heavy atom. The Balaban J connectivity index is 2.05. The zero-order valence-electron chi connectivity index (χ0n) is 15.7. The van der Waals surface area contributed by atoms with Gasteiger partial charge in [0.15, 0.2) is 6.10 Å². The molecule has 8 heteroatoms. The number of carbonyl (C=O) groups excluding carboxylic acids is 2. The lowest BCUT2D eigenvalue weighted by Gasteiger charge is -2.28. The van der Waals surface area contributed by atoms with Crippen LogP contribution in [0.3, 0.4) is 0 Å². The number of fused-ring (bicyclic) bond motifs is 1. The SMILES string of the molecule is CC(C)[C@@](C)(C#N)NC(=O)[C@@H](C)OC(=O)Cn1cnc2ccccc2c1=O. The summed E-state index contributed by atoms with van der Waals surface area (Å²) < 4.78 is 6.23. The predicted octanol–water partition coefficient (Wildman–Crippen LogP) is 1.38. The van der Waals surface area contributed by atoms with E-state index in [2.05, 4.69) is 16.4 Å². The second-order valence-corrected chi connectivity index (χ2v) is 6.78. The van der Waals surface area contributed by atoms with Crippen molar-refractivity contribution >= 4 is 22.8 Å². The number of amides is 1. The fourth-order valence-corrected chi connectivity index (χ4v) is 2.30. The summed E-state index contributed by atoms with van der Waals surface area (Å²) in [6, 6.07) is 8.85. The molecular weight excluding hydrogens is 348 g/mol. The first-order valence-corrected chi connectivity index (χ1v) is 8.55. The third-order valence-corrected chi connectivity index (χ3v) is 4.48. The first kappa shape index (κ1) is 20.1. The van der Waals surface area contributed by atoms with E-state index in [0.29, 0.717) is 10.9 Å². The number of ether oxygens (including phenoxy) is 1. The second kappa shape index (κ2) is 7.99. The van der Waals surface area contributed by atoms with Gasteiger partial charge in [-0.15, -0.1) is 0 Å². The average molecular weight is 370 g/mol. The zero-order chi connectivity index (χ0) is 20.2. The van der Waals surface area contributed by atoms with E-state index in [9.17, 15) is 19.6 Å². The molecule has 0 fully saturated rings. The molecule has 0 saturated heterocycles. The Morgan fingerprint density at radius 1 is 1.33 bits per heavy atom. The molecule has 2 aromatic rings. The number of nitrogens with zero attached hydrogens (tertiary/aromatic N) is 3. The summed E-state index contributed by atoms with van der Waals surface area (Å²) in [5, 5.41) is 12.2. The van der Waals surface area contributed by atoms with Crippen molar-refractivity contribution in [1.82, 2.24) is 14.9 Å². The van der Waals surface area contributed by atoms with Gasteiger partial charge in [-0.05, 0) is 31.9 Å². The highest BCUT2D eigenvalue weighted by Crippen LogP contribution is 2.15. The van der Waals surface area contributed by atoms with E-state index >= 15 is 0 Å². The maximum Gasteiger partial charge on any atom is 0.326 e. The van der Waals surface area contributed by atoms with E-state index in [1.165, 1.54) is 13.3 Å². The molecule has 142 valence electrons. The van der Waals surface area contributed by atoms with Gasteiger partial charge in [-0.25, -0.2) is 4.98 Å². The van der Waals surface area contributed by atoms with Crippen molar-refractivity contribution < 1.29 is 14.3 Å². The van der Waals surface area contributed by atoms with Crippen LogP contribution < -0.4 is 10.9 Å². The lowest BCUT2D eigenvalue weighted by molar-refractivity contribution is -0.156. The van der Waals surface area contributed by atoms with Crippen LogP contribution in [0.5, 0.6) is 0 Å². The van der Waals surface area contributed by atoms with Gasteiger partial charge in [0.05, 0.1) is 23.3 Å². The molecular formula is C19H22N4O4. The molecule has 0 radical (unpaired) electrons. The number of nitriles is 1. The maximum atomic E-state index is 12.4. The molecule has 2 atom stereocenters. The summed E-state index contributed by atoms with van der Waals surface area (Å²) in [7, 11) is 0. The van der Waals surface area contributed by atoms with Crippen LogP contribution in [0.15, 0.2) is 35.4 Å². The maximum absolute atomic E-state index is 12.4. The summed E-state index contributed by atoms with van der Waals surface area (Å²) in [5.41, 5.74) is -0.910. The predicted molar refractivity (Wildman–Crippen MR) is 98.6 cm³/mol. The number of aromatic nitrogens is 2. The minimum absolute atomic E-state index is 0.128. The smallest absolute Gasteiger partial charge is 0.326 e. The van der Waals surface area contributed by atoms with E-state index in [1.54, 1.807) is 45.0 Å². The minimum Gasteiger partial charge on any atom is -0.451 e. The van der Waals surface area contributed by atoms with Crippen LogP contribution in [0.25, 0.3) is 10.9 Å². The number of esters is 1. The van der Waals surface area contributed by atoms with Crippen molar-refractivity contribution in [2.75, 3.05) is 0 Å². The topological polar surface area (TPSA) is 114 Å². The summed E-state index contributed by atoms with van der Waals surface area (Å²) in [6.45, 7) is 6.25. The third-order valence-electron chi connectivity index (χ3n) is 4.48. The third kappa shape index (κ3) is 4.50. The van der Waals surface area contributed by atoms with Crippen LogP contribution in [0.2, 0.25) is 0 Å². The number of hydrogen-bond donors (Lipinski definition) is 1. The van der Waals surface area contributed by atoms with Crippen molar-refractivity contribution in [2.45, 2.75) is 45.9 Å². The molecule has 2 rings (SSSR count). The monoisotopic (exact) mass is 370 g/mol. The second-order valence-electron chi connectivity index (χ2n) is 6.78. The standard InChI is InChI=1S/C19H22N4O4/c1-12(2)19(4,10-20)22-17(25)13(3)27-16(24)9-23-11-21-15-8-6-5-7-14(15)18(23)26/h5-8,11-13H,9H2,1-4H3,(H,22,25)/t13-,19-/m1/s1. The summed E-state index contributed by atoms with van der Waals surface area (Å²) in [4.78, 5) is 40.9. The van der Waals surface area contributed by atoms with E-state index in [-0.39, 0.29) is 18.0 Å². The van der Waals surface area contributed by atoms with Crippen molar-refractivity contribution in [1.29, 1.82) is 5.26 Å². The van der Waals surface area contributed by atoms with Gasteiger partial charge in [-0.3, -0.25) is 19.0 Å². The number of hydrogen-bond acceptors (Lipinski definition) is 6. The van der Waals surface area contributed by atoms with Gasteiger partial charge in [0.1, 0.15) is 12.1 Å². The van der Waals surface area contributed by atoms with Crippen molar-refractivity contribution in [2.24, 2.45) is 5.92 Å². The molecule has 0 unspecified atom stereocenters. The molecule has 0 aliphatic heterocycles. The average Bonchev–Trinajstić information content (AvgIpc) is 2.63. The Labute approximate surface area is 156 Å². The first-order chi connectivity index (χ1) is 12.7. The van der Waals surface area contributed by atoms with Crippen LogP contribution in [0, 0.1) is 17.2 Å². The molecule has 1 aromatic heterocycles. The molecule has 0 saturated carbocycles. The molecule has 1 aromatic carbocycles. The summed E-state index contributed by atoms with van der Waals surface area (Å²) in [6.07, 6.45) is 0.162. The van der Waals surface area contributed by atoms with Gasteiger partial charge in [0, 0.05) is 0 Å². The normalized spacial score (nSPS) is 14.2. The van der Waals surface area contributed by atoms with Gasteiger partial charge in [0.25, 0.3) is 11.5 Å². The number of rotatable bonds is 6. The lowest BCUT2D eigenvalue weighted by atomic mass is 9.90. The number of para-hydroxylation sites is 1. The summed E-state index contributed by atoms with van der Waals surface area (Å²) >= 11 is 0. The molecule has 0 bridgehead atoms. The van der Waals surface area contributed by atoms with Gasteiger partial charge in [-0.1, -0.05) is 26.0 Å². The minimum atomic E-state index is -1.10. The molecule has 8 nitrogen and oxygen atoms in total. The number of benzene rings is 1. The molecule has 0 aliphatic rings. The van der Waals surface area contributed by atoms with E-state index in [4.69, 9.17) is 4.74 Å². The van der Waals surface area contributed by atoms with Crippen molar-refractivity contribution in [3.05, 3.63) is 40.9 Å². The van der Waals surface area contributed by atoms with E-state index in [1.807, 2.05) is 0 Å². The van der Waals surface area contributed by atoms with Gasteiger partial charge in [0.2, 0.25) is 0 Å². The van der Waals surface area contributed by atoms with Gasteiger partial charge in [-0.2, -0.15) is 5.26 Å². The van der Waals surface area contributed by atoms with Crippen LogP contribution >= 0.6 is 0 Å². The van der Waals surface area contributed by atoms with E-state index in [0.717, 1.165) is 4.57 Å². The van der Waals surface area contributed by atoms with Gasteiger partial charge < -0.3 is 10.1 Å².